The monoisotopic (exact) mass is 306 g/mol. The molecule has 2 nitrogen and oxygen atoms in total. The van der Waals surface area contributed by atoms with Crippen LogP contribution in [0.1, 0.15) is 31.4 Å². The van der Waals surface area contributed by atoms with Crippen molar-refractivity contribution in [3.8, 4) is 0 Å². The summed E-state index contributed by atoms with van der Waals surface area (Å²) in [5.74, 6) is -0.317. The molecule has 0 heterocycles. The maximum Gasteiger partial charge on any atom is 0.401 e. The fourth-order valence-electron chi connectivity index (χ4n) is 2.13. The third kappa shape index (κ3) is 7.43. The molecule has 0 fully saturated rings. The summed E-state index contributed by atoms with van der Waals surface area (Å²) in [5.41, 5.74) is 0.894. The van der Waals surface area contributed by atoms with Gasteiger partial charge in [-0.25, -0.2) is 4.39 Å². The van der Waals surface area contributed by atoms with Crippen molar-refractivity contribution in [2.45, 2.75) is 32.0 Å². The molecule has 1 aromatic carbocycles. The van der Waals surface area contributed by atoms with Crippen LogP contribution in [0.5, 0.6) is 0 Å². The molecule has 21 heavy (non-hydrogen) atoms. The van der Waals surface area contributed by atoms with Gasteiger partial charge in [-0.15, -0.1) is 0 Å². The van der Waals surface area contributed by atoms with Gasteiger partial charge < -0.3 is 5.32 Å². The fraction of sp³-hybridized carbons (Fsp3) is 0.600. The highest BCUT2D eigenvalue weighted by Gasteiger charge is 2.29. The summed E-state index contributed by atoms with van der Waals surface area (Å²) in [7, 11) is 1.45. The molecule has 6 heteroatoms. The van der Waals surface area contributed by atoms with E-state index in [0.29, 0.717) is 13.0 Å². The summed E-state index contributed by atoms with van der Waals surface area (Å²) in [6.07, 6.45) is -2.72. The molecule has 0 radical (unpaired) electrons. The lowest BCUT2D eigenvalue weighted by Crippen LogP contribution is -2.34. The summed E-state index contributed by atoms with van der Waals surface area (Å²) < 4.78 is 49.9. The van der Waals surface area contributed by atoms with Crippen molar-refractivity contribution in [1.29, 1.82) is 0 Å². The van der Waals surface area contributed by atoms with Gasteiger partial charge in [-0.3, -0.25) is 4.90 Å². The Hall–Kier alpha value is -1.14. The van der Waals surface area contributed by atoms with E-state index < -0.39 is 12.7 Å². The van der Waals surface area contributed by atoms with Crippen molar-refractivity contribution >= 4 is 0 Å². The van der Waals surface area contributed by atoms with Crippen molar-refractivity contribution in [2.75, 3.05) is 26.7 Å². The highest BCUT2D eigenvalue weighted by atomic mass is 19.4. The normalized spacial score (nSPS) is 13.7. The third-order valence-corrected chi connectivity index (χ3v) is 3.16. The SMILES string of the molecule is CCCNC(CCN(C)CC(F)(F)F)c1ccc(F)cc1. The Morgan fingerprint density at radius 3 is 2.33 bits per heavy atom. The van der Waals surface area contributed by atoms with Gasteiger partial charge in [-0.2, -0.15) is 13.2 Å². The number of hydrogen-bond acceptors (Lipinski definition) is 2. The largest absolute Gasteiger partial charge is 0.401 e. The number of hydrogen-bond donors (Lipinski definition) is 1. The van der Waals surface area contributed by atoms with Gasteiger partial charge in [-0.05, 0) is 50.7 Å². The van der Waals surface area contributed by atoms with Crippen LogP contribution in [0, 0.1) is 5.82 Å². The summed E-state index contributed by atoms with van der Waals surface area (Å²) in [5, 5.41) is 3.29. The molecule has 1 rings (SSSR count). The molecule has 0 aromatic heterocycles. The van der Waals surface area contributed by atoms with E-state index in [0.717, 1.165) is 18.5 Å². The van der Waals surface area contributed by atoms with Crippen LogP contribution in [0.3, 0.4) is 0 Å². The Balaban J connectivity index is 2.60. The number of benzene rings is 1. The fourth-order valence-corrected chi connectivity index (χ4v) is 2.13. The molecule has 0 aliphatic rings. The van der Waals surface area contributed by atoms with Crippen LogP contribution in [-0.2, 0) is 0 Å². The van der Waals surface area contributed by atoms with E-state index >= 15 is 0 Å². The maximum absolute atomic E-state index is 12.9. The Bertz CT molecular complexity index is 403. The first-order valence-electron chi connectivity index (χ1n) is 7.06. The number of halogens is 4. The van der Waals surface area contributed by atoms with Gasteiger partial charge in [0.05, 0.1) is 6.54 Å². The van der Waals surface area contributed by atoms with Crippen LogP contribution in [0.25, 0.3) is 0 Å². The average molecular weight is 306 g/mol. The molecule has 0 aliphatic heterocycles. The van der Waals surface area contributed by atoms with Crippen LogP contribution in [-0.4, -0.2) is 37.8 Å². The predicted molar refractivity (Wildman–Crippen MR) is 75.6 cm³/mol. The zero-order valence-corrected chi connectivity index (χ0v) is 12.4. The molecule has 0 bridgehead atoms. The smallest absolute Gasteiger partial charge is 0.310 e. The van der Waals surface area contributed by atoms with Gasteiger partial charge in [0.15, 0.2) is 0 Å². The van der Waals surface area contributed by atoms with E-state index in [1.807, 2.05) is 6.92 Å². The minimum Gasteiger partial charge on any atom is -0.310 e. The Morgan fingerprint density at radius 1 is 1.19 bits per heavy atom. The van der Waals surface area contributed by atoms with Crippen LogP contribution in [0.2, 0.25) is 0 Å². The maximum atomic E-state index is 12.9. The standard InChI is InChI=1S/C15H22F4N2/c1-3-9-20-14(12-4-6-13(16)7-5-12)8-10-21(2)11-15(17,18)19/h4-7,14,20H,3,8-11H2,1-2H3. The van der Waals surface area contributed by atoms with Crippen LogP contribution < -0.4 is 5.32 Å². The van der Waals surface area contributed by atoms with Gasteiger partial charge in [0, 0.05) is 6.04 Å². The van der Waals surface area contributed by atoms with E-state index in [2.05, 4.69) is 5.32 Å². The van der Waals surface area contributed by atoms with Crippen molar-refractivity contribution in [3.05, 3.63) is 35.6 Å². The van der Waals surface area contributed by atoms with E-state index in [9.17, 15) is 17.6 Å². The first-order chi connectivity index (χ1) is 9.81. The molecular formula is C15H22F4N2. The predicted octanol–water partition coefficient (Wildman–Crippen LogP) is 3.75. The molecule has 0 spiro atoms. The minimum absolute atomic E-state index is 0.0683. The lowest BCUT2D eigenvalue weighted by Gasteiger charge is -2.23. The first kappa shape index (κ1) is 17.9. The van der Waals surface area contributed by atoms with E-state index in [1.165, 1.54) is 24.1 Å². The number of alkyl halides is 3. The zero-order valence-electron chi connectivity index (χ0n) is 12.4. The lowest BCUT2D eigenvalue weighted by molar-refractivity contribution is -0.143. The van der Waals surface area contributed by atoms with Crippen LogP contribution >= 0.6 is 0 Å². The molecular weight excluding hydrogens is 284 g/mol. The summed E-state index contributed by atoms with van der Waals surface area (Å²) in [6, 6.07) is 6.02. The molecule has 1 N–H and O–H groups in total. The summed E-state index contributed by atoms with van der Waals surface area (Å²) >= 11 is 0. The molecule has 0 aliphatic carbocycles. The Kier molecular flexibility index (Phi) is 7.11. The van der Waals surface area contributed by atoms with Gasteiger partial charge >= 0.3 is 6.18 Å². The summed E-state index contributed by atoms with van der Waals surface area (Å²) in [4.78, 5) is 1.25. The molecule has 120 valence electrons. The van der Waals surface area contributed by atoms with E-state index in [1.54, 1.807) is 12.1 Å². The number of nitrogens with zero attached hydrogens (tertiary/aromatic N) is 1. The topological polar surface area (TPSA) is 15.3 Å². The van der Waals surface area contributed by atoms with E-state index in [-0.39, 0.29) is 11.9 Å². The van der Waals surface area contributed by atoms with Crippen molar-refractivity contribution < 1.29 is 17.6 Å². The van der Waals surface area contributed by atoms with Crippen molar-refractivity contribution in [3.63, 3.8) is 0 Å². The van der Waals surface area contributed by atoms with Gasteiger partial charge in [-0.1, -0.05) is 19.1 Å². The lowest BCUT2D eigenvalue weighted by atomic mass is 10.0. The van der Waals surface area contributed by atoms with Crippen molar-refractivity contribution in [1.82, 2.24) is 10.2 Å². The average Bonchev–Trinajstić information content (AvgIpc) is 2.38. The number of rotatable bonds is 8. The second-order valence-corrected chi connectivity index (χ2v) is 5.20. The Labute approximate surface area is 123 Å². The molecule has 1 atom stereocenters. The second kappa shape index (κ2) is 8.34. The van der Waals surface area contributed by atoms with Gasteiger partial charge in [0.25, 0.3) is 0 Å². The molecule has 1 unspecified atom stereocenters. The summed E-state index contributed by atoms with van der Waals surface area (Å²) in [6.45, 7) is 2.19. The quantitative estimate of drug-likeness (QED) is 0.736. The minimum atomic E-state index is -4.18. The molecule has 0 saturated carbocycles. The van der Waals surface area contributed by atoms with Gasteiger partial charge in [0.2, 0.25) is 0 Å². The highest BCUT2D eigenvalue weighted by molar-refractivity contribution is 5.19. The molecule has 0 saturated heterocycles. The molecule has 1 aromatic rings. The van der Waals surface area contributed by atoms with Gasteiger partial charge in [0.1, 0.15) is 5.82 Å². The number of nitrogens with one attached hydrogen (secondary N) is 1. The van der Waals surface area contributed by atoms with E-state index in [4.69, 9.17) is 0 Å². The zero-order chi connectivity index (χ0) is 15.9. The molecule has 0 amide bonds. The Morgan fingerprint density at radius 2 is 1.81 bits per heavy atom. The first-order valence-corrected chi connectivity index (χ1v) is 7.06. The van der Waals surface area contributed by atoms with Crippen molar-refractivity contribution in [2.24, 2.45) is 0 Å². The highest BCUT2D eigenvalue weighted by Crippen LogP contribution is 2.20. The van der Waals surface area contributed by atoms with Crippen LogP contribution in [0.4, 0.5) is 17.6 Å². The van der Waals surface area contributed by atoms with Crippen LogP contribution in [0.15, 0.2) is 24.3 Å². The third-order valence-electron chi connectivity index (χ3n) is 3.16. The second-order valence-electron chi connectivity index (χ2n) is 5.20.